The monoisotopic (exact) mass is 305 g/mol. The van der Waals surface area contributed by atoms with Crippen LogP contribution in [0.25, 0.3) is 0 Å². The molecule has 1 aromatic rings. The molecule has 0 aliphatic rings. The molecule has 4 nitrogen and oxygen atoms in total. The maximum absolute atomic E-state index is 13.2. The third-order valence-electron chi connectivity index (χ3n) is 2.01. The smallest absolute Gasteiger partial charge is 0.246 e. The molecule has 1 atom stereocenters. The second kappa shape index (κ2) is 5.39. The van der Waals surface area contributed by atoms with Gasteiger partial charge in [-0.25, -0.2) is 35.1 Å². The zero-order valence-electron chi connectivity index (χ0n) is 9.35. The number of sulfonamides is 1. The lowest BCUT2D eigenvalue weighted by atomic mass is 10.3. The number of hydrogen-bond acceptors (Lipinski definition) is 3. The highest BCUT2D eigenvalue weighted by Gasteiger charge is 2.33. The number of benzene rings is 1. The van der Waals surface area contributed by atoms with Gasteiger partial charge < -0.3 is 5.11 Å². The van der Waals surface area contributed by atoms with Gasteiger partial charge in [0.25, 0.3) is 0 Å². The largest absolute Gasteiger partial charge is 0.392 e. The van der Waals surface area contributed by atoms with Gasteiger partial charge in [-0.05, 0) is 6.92 Å². The van der Waals surface area contributed by atoms with Crippen LogP contribution in [0, 0.1) is 29.1 Å². The van der Waals surface area contributed by atoms with Crippen LogP contribution in [0.15, 0.2) is 4.90 Å². The lowest BCUT2D eigenvalue weighted by molar-refractivity contribution is 0.198. The molecule has 0 radical (unpaired) electrons. The Kier molecular flexibility index (Phi) is 4.48. The van der Waals surface area contributed by atoms with E-state index in [1.807, 2.05) is 0 Å². The predicted molar refractivity (Wildman–Crippen MR) is 53.1 cm³/mol. The summed E-state index contributed by atoms with van der Waals surface area (Å²) in [7, 11) is -4.99. The summed E-state index contributed by atoms with van der Waals surface area (Å²) in [6, 6.07) is 0. The van der Waals surface area contributed by atoms with Crippen LogP contribution in [0.5, 0.6) is 0 Å². The van der Waals surface area contributed by atoms with Crippen LogP contribution in [-0.2, 0) is 10.0 Å². The van der Waals surface area contributed by atoms with Gasteiger partial charge >= 0.3 is 0 Å². The van der Waals surface area contributed by atoms with Crippen molar-refractivity contribution in [1.29, 1.82) is 0 Å². The summed E-state index contributed by atoms with van der Waals surface area (Å²) >= 11 is 0. The van der Waals surface area contributed by atoms with Gasteiger partial charge in [0.2, 0.25) is 15.8 Å². The van der Waals surface area contributed by atoms with E-state index in [0.717, 1.165) is 6.92 Å². The van der Waals surface area contributed by atoms with Crippen molar-refractivity contribution in [2.45, 2.75) is 17.9 Å². The summed E-state index contributed by atoms with van der Waals surface area (Å²) in [6.45, 7) is 0.503. The summed E-state index contributed by atoms with van der Waals surface area (Å²) in [5.41, 5.74) is 0. The maximum atomic E-state index is 13.2. The molecule has 19 heavy (non-hydrogen) atoms. The quantitative estimate of drug-likeness (QED) is 0.496. The van der Waals surface area contributed by atoms with Crippen LogP contribution in [0.3, 0.4) is 0 Å². The van der Waals surface area contributed by atoms with Crippen molar-refractivity contribution in [3.8, 4) is 0 Å². The molecule has 1 rings (SSSR count). The second-order valence-electron chi connectivity index (χ2n) is 3.60. The SMILES string of the molecule is CC(O)CNS(=O)(=O)c1c(F)c(F)c(F)c(F)c1F. The summed E-state index contributed by atoms with van der Waals surface area (Å²) in [5, 5.41) is 8.83. The van der Waals surface area contributed by atoms with Gasteiger partial charge in [0.1, 0.15) is 0 Å². The van der Waals surface area contributed by atoms with E-state index < -0.39 is 56.7 Å². The fraction of sp³-hybridized carbons (Fsp3) is 0.333. The first-order chi connectivity index (χ1) is 8.59. The standard InChI is InChI=1S/C9H8F5NO3S/c1-3(16)2-15-19(17,18)9-7(13)5(11)4(10)6(12)8(9)14/h3,15-16H,2H2,1H3. The summed E-state index contributed by atoms with van der Waals surface area (Å²) in [5.74, 6) is -12.1. The number of hydrogen-bond donors (Lipinski definition) is 2. The van der Waals surface area contributed by atoms with E-state index in [4.69, 9.17) is 5.11 Å². The molecule has 10 heteroatoms. The van der Waals surface area contributed by atoms with Crippen molar-refractivity contribution >= 4 is 10.0 Å². The Balaban J connectivity index is 3.43. The highest BCUT2D eigenvalue weighted by atomic mass is 32.2. The number of halogens is 5. The minimum atomic E-state index is -4.99. The molecule has 0 aliphatic carbocycles. The molecule has 0 spiro atoms. The molecule has 0 aliphatic heterocycles. The molecule has 0 bridgehead atoms. The Bertz CT molecular complexity index is 573. The molecule has 1 unspecified atom stereocenters. The minimum Gasteiger partial charge on any atom is -0.392 e. The van der Waals surface area contributed by atoms with E-state index in [-0.39, 0.29) is 0 Å². The molecular formula is C9H8F5NO3S. The number of nitrogens with one attached hydrogen (secondary N) is 1. The molecule has 0 fully saturated rings. The van der Waals surface area contributed by atoms with Gasteiger partial charge in [-0.2, -0.15) is 0 Å². The average Bonchev–Trinajstić information content (AvgIpc) is 2.31. The molecule has 108 valence electrons. The molecule has 0 amide bonds. The van der Waals surface area contributed by atoms with E-state index in [9.17, 15) is 30.4 Å². The van der Waals surface area contributed by atoms with Crippen LogP contribution in [0.1, 0.15) is 6.92 Å². The van der Waals surface area contributed by atoms with Crippen LogP contribution in [0.2, 0.25) is 0 Å². The Morgan fingerprint density at radius 2 is 1.37 bits per heavy atom. The van der Waals surface area contributed by atoms with Gasteiger partial charge in [-0.3, -0.25) is 0 Å². The maximum Gasteiger partial charge on any atom is 0.246 e. The summed E-state index contributed by atoms with van der Waals surface area (Å²) in [6.07, 6.45) is -1.21. The summed E-state index contributed by atoms with van der Waals surface area (Å²) in [4.78, 5) is -1.98. The third kappa shape index (κ3) is 3.01. The van der Waals surface area contributed by atoms with Crippen LogP contribution in [-0.4, -0.2) is 26.2 Å². The number of aliphatic hydroxyl groups excluding tert-OH is 1. The van der Waals surface area contributed by atoms with Gasteiger partial charge in [0.05, 0.1) is 6.10 Å². The Morgan fingerprint density at radius 1 is 1.00 bits per heavy atom. The van der Waals surface area contributed by atoms with Gasteiger partial charge in [0.15, 0.2) is 28.2 Å². The van der Waals surface area contributed by atoms with E-state index in [2.05, 4.69) is 0 Å². The normalized spacial score (nSPS) is 13.6. The average molecular weight is 305 g/mol. The molecule has 0 saturated carbocycles. The van der Waals surface area contributed by atoms with E-state index in [1.165, 1.54) is 4.72 Å². The van der Waals surface area contributed by atoms with Crippen LogP contribution in [0.4, 0.5) is 22.0 Å². The summed E-state index contributed by atoms with van der Waals surface area (Å²) < 4.78 is 89.2. The zero-order valence-corrected chi connectivity index (χ0v) is 10.2. The van der Waals surface area contributed by atoms with Gasteiger partial charge in [0, 0.05) is 6.54 Å². The first-order valence-corrected chi connectivity index (χ1v) is 6.27. The Labute approximate surface area is 104 Å². The van der Waals surface area contributed by atoms with Crippen molar-refractivity contribution in [3.05, 3.63) is 29.1 Å². The lowest BCUT2D eigenvalue weighted by Crippen LogP contribution is -2.32. The van der Waals surface area contributed by atoms with E-state index >= 15 is 0 Å². The number of aliphatic hydroxyl groups is 1. The highest BCUT2D eigenvalue weighted by molar-refractivity contribution is 7.89. The minimum absolute atomic E-state index is 0.651. The lowest BCUT2D eigenvalue weighted by Gasteiger charge is -2.11. The van der Waals surface area contributed by atoms with E-state index in [0.29, 0.717) is 0 Å². The molecule has 1 aromatic carbocycles. The van der Waals surface area contributed by atoms with Crippen molar-refractivity contribution in [3.63, 3.8) is 0 Å². The predicted octanol–water partition coefficient (Wildman–Crippen LogP) is 1.04. The molecule has 0 saturated heterocycles. The molecule has 0 heterocycles. The van der Waals surface area contributed by atoms with Crippen molar-refractivity contribution in [2.75, 3.05) is 6.54 Å². The first kappa shape index (κ1) is 15.8. The second-order valence-corrected chi connectivity index (χ2v) is 5.30. The Hall–Kier alpha value is -1.26. The first-order valence-electron chi connectivity index (χ1n) is 4.78. The van der Waals surface area contributed by atoms with E-state index in [1.54, 1.807) is 0 Å². The fourth-order valence-electron chi connectivity index (χ4n) is 1.12. The van der Waals surface area contributed by atoms with Crippen molar-refractivity contribution in [2.24, 2.45) is 0 Å². The molecule has 2 N–H and O–H groups in total. The van der Waals surface area contributed by atoms with Gasteiger partial charge in [-0.15, -0.1) is 0 Å². The van der Waals surface area contributed by atoms with Crippen molar-refractivity contribution in [1.82, 2.24) is 4.72 Å². The third-order valence-corrected chi connectivity index (χ3v) is 3.45. The highest BCUT2D eigenvalue weighted by Crippen LogP contribution is 2.26. The fourth-order valence-corrected chi connectivity index (χ4v) is 2.38. The molecule has 0 aromatic heterocycles. The van der Waals surface area contributed by atoms with Gasteiger partial charge in [-0.1, -0.05) is 0 Å². The topological polar surface area (TPSA) is 66.4 Å². The molecular weight excluding hydrogens is 297 g/mol. The van der Waals surface area contributed by atoms with Crippen LogP contribution >= 0.6 is 0 Å². The zero-order chi connectivity index (χ0) is 15.0. The Morgan fingerprint density at radius 3 is 1.74 bits per heavy atom. The number of rotatable bonds is 4. The van der Waals surface area contributed by atoms with Crippen LogP contribution < -0.4 is 4.72 Å². The van der Waals surface area contributed by atoms with Crippen molar-refractivity contribution < 1.29 is 35.5 Å².